The van der Waals surface area contributed by atoms with Crippen molar-refractivity contribution in [2.24, 2.45) is 0 Å². The monoisotopic (exact) mass is 334 g/mol. The maximum Gasteiger partial charge on any atom is 0.335 e. The molecule has 0 aliphatic heterocycles. The summed E-state index contributed by atoms with van der Waals surface area (Å²) in [4.78, 5) is 37.1. The Morgan fingerprint density at radius 3 is 2.62 bits per heavy atom. The van der Waals surface area contributed by atoms with Crippen molar-refractivity contribution >= 4 is 17.6 Å². The van der Waals surface area contributed by atoms with E-state index in [1.165, 1.54) is 0 Å². The van der Waals surface area contributed by atoms with Gasteiger partial charge in [-0.2, -0.15) is 4.98 Å². The maximum atomic E-state index is 12.0. The first-order valence-corrected chi connectivity index (χ1v) is 6.97. The number of amides is 1. The van der Waals surface area contributed by atoms with E-state index in [9.17, 15) is 19.7 Å². The van der Waals surface area contributed by atoms with Crippen LogP contribution in [0.4, 0.5) is 5.69 Å². The minimum Gasteiger partial charge on any atom is -0.478 e. The van der Waals surface area contributed by atoms with Gasteiger partial charge in [-0.15, -0.1) is 0 Å². The highest BCUT2D eigenvalue weighted by molar-refractivity contribution is 5.98. The number of nitro benzene ring substituents is 1. The minimum atomic E-state index is -1.35. The lowest BCUT2D eigenvalue weighted by Crippen LogP contribution is -2.25. The first-order valence-electron chi connectivity index (χ1n) is 6.97. The average molecular weight is 334 g/mol. The highest BCUT2D eigenvalue weighted by atomic mass is 16.6. The summed E-state index contributed by atoms with van der Waals surface area (Å²) in [6.07, 6.45) is 0.991. The standard InChI is InChI=1S/C14H14N4O6/c1-8-16-12(24-17-8)3-2-4-15-13(19)9-5-10(14(20)21)7-11(6-9)18(22)23/h5-7H,2-4H2,1H3,(H,15,19)(H,20,21). The normalized spacial score (nSPS) is 10.4. The van der Waals surface area contributed by atoms with Crippen molar-refractivity contribution in [1.82, 2.24) is 15.5 Å². The number of carbonyl (C=O) groups is 2. The van der Waals surface area contributed by atoms with Gasteiger partial charge in [-0.1, -0.05) is 5.16 Å². The van der Waals surface area contributed by atoms with E-state index in [4.69, 9.17) is 9.63 Å². The number of aromatic carboxylic acids is 1. The second kappa shape index (κ2) is 7.31. The smallest absolute Gasteiger partial charge is 0.335 e. The van der Waals surface area contributed by atoms with Gasteiger partial charge in [0.15, 0.2) is 5.82 Å². The van der Waals surface area contributed by atoms with Crippen molar-refractivity contribution in [3.63, 3.8) is 0 Å². The predicted octanol–water partition coefficient (Wildman–Crippen LogP) is 1.35. The van der Waals surface area contributed by atoms with Gasteiger partial charge in [-0.3, -0.25) is 14.9 Å². The number of non-ortho nitro benzene ring substituents is 1. The second-order valence-electron chi connectivity index (χ2n) is 4.93. The van der Waals surface area contributed by atoms with Gasteiger partial charge in [0, 0.05) is 30.7 Å². The Balaban J connectivity index is 1.98. The zero-order valence-electron chi connectivity index (χ0n) is 12.7. The molecule has 0 bridgehead atoms. The van der Waals surface area contributed by atoms with Gasteiger partial charge in [-0.05, 0) is 19.4 Å². The second-order valence-corrected chi connectivity index (χ2v) is 4.93. The Labute approximate surface area is 135 Å². The van der Waals surface area contributed by atoms with Crippen LogP contribution in [0.2, 0.25) is 0 Å². The summed E-state index contributed by atoms with van der Waals surface area (Å²) in [6.45, 7) is 1.96. The average Bonchev–Trinajstić information content (AvgIpc) is 2.96. The summed E-state index contributed by atoms with van der Waals surface area (Å²) in [5, 5.41) is 26.0. The topological polar surface area (TPSA) is 148 Å². The van der Waals surface area contributed by atoms with Crippen molar-refractivity contribution in [3.05, 3.63) is 51.2 Å². The number of benzene rings is 1. The molecule has 1 amide bonds. The summed E-state index contributed by atoms with van der Waals surface area (Å²) >= 11 is 0. The summed E-state index contributed by atoms with van der Waals surface area (Å²) in [6, 6.07) is 3.02. The van der Waals surface area contributed by atoms with Crippen LogP contribution < -0.4 is 5.32 Å². The number of nitrogens with one attached hydrogen (secondary N) is 1. The molecule has 0 aliphatic carbocycles. The van der Waals surface area contributed by atoms with Crippen LogP contribution in [0.3, 0.4) is 0 Å². The van der Waals surface area contributed by atoms with E-state index in [0.29, 0.717) is 24.6 Å². The molecule has 2 aromatic rings. The van der Waals surface area contributed by atoms with Crippen LogP contribution in [-0.2, 0) is 6.42 Å². The Morgan fingerprint density at radius 2 is 2.04 bits per heavy atom. The fraction of sp³-hybridized carbons (Fsp3) is 0.286. The highest BCUT2D eigenvalue weighted by Gasteiger charge is 2.17. The van der Waals surface area contributed by atoms with Crippen molar-refractivity contribution in [3.8, 4) is 0 Å². The van der Waals surface area contributed by atoms with Gasteiger partial charge in [0.2, 0.25) is 5.89 Å². The number of carbonyl (C=O) groups excluding carboxylic acids is 1. The molecule has 0 fully saturated rings. The first kappa shape index (κ1) is 17.1. The van der Waals surface area contributed by atoms with Crippen molar-refractivity contribution in [1.29, 1.82) is 0 Å². The minimum absolute atomic E-state index is 0.0877. The van der Waals surface area contributed by atoms with E-state index in [0.717, 1.165) is 18.2 Å². The molecule has 1 aromatic heterocycles. The SMILES string of the molecule is Cc1noc(CCCNC(=O)c2cc(C(=O)O)cc([N+](=O)[O-])c2)n1. The third-order valence-corrected chi connectivity index (χ3v) is 3.06. The molecule has 0 saturated carbocycles. The van der Waals surface area contributed by atoms with Crippen LogP contribution in [0.15, 0.2) is 22.7 Å². The number of aromatic nitrogens is 2. The molecule has 0 radical (unpaired) electrons. The van der Waals surface area contributed by atoms with Crippen LogP contribution in [0.1, 0.15) is 38.9 Å². The van der Waals surface area contributed by atoms with E-state index in [1.54, 1.807) is 6.92 Å². The predicted molar refractivity (Wildman–Crippen MR) is 79.7 cm³/mol. The lowest BCUT2D eigenvalue weighted by atomic mass is 10.1. The van der Waals surface area contributed by atoms with Gasteiger partial charge in [0.05, 0.1) is 10.5 Å². The third-order valence-electron chi connectivity index (χ3n) is 3.06. The molecular formula is C14H14N4O6. The van der Waals surface area contributed by atoms with Crippen LogP contribution in [0, 0.1) is 17.0 Å². The van der Waals surface area contributed by atoms with Gasteiger partial charge in [0.25, 0.3) is 11.6 Å². The number of rotatable bonds is 7. The zero-order chi connectivity index (χ0) is 17.7. The van der Waals surface area contributed by atoms with E-state index in [1.807, 2.05) is 0 Å². The Kier molecular flexibility index (Phi) is 5.20. The number of hydrogen-bond acceptors (Lipinski definition) is 7. The molecule has 24 heavy (non-hydrogen) atoms. The molecule has 2 N–H and O–H groups in total. The molecule has 0 spiro atoms. The van der Waals surface area contributed by atoms with Gasteiger partial charge in [0.1, 0.15) is 0 Å². The lowest BCUT2D eigenvalue weighted by molar-refractivity contribution is -0.384. The Bertz CT molecular complexity index is 753. The van der Waals surface area contributed by atoms with Gasteiger partial charge >= 0.3 is 5.97 Å². The summed E-state index contributed by atoms with van der Waals surface area (Å²) in [7, 11) is 0. The Morgan fingerprint density at radius 1 is 1.33 bits per heavy atom. The number of aryl methyl sites for hydroxylation is 2. The van der Waals surface area contributed by atoms with E-state index >= 15 is 0 Å². The lowest BCUT2D eigenvalue weighted by Gasteiger charge is -2.05. The summed E-state index contributed by atoms with van der Waals surface area (Å²) < 4.78 is 4.93. The number of nitrogens with zero attached hydrogens (tertiary/aromatic N) is 3. The molecule has 0 aliphatic rings. The van der Waals surface area contributed by atoms with Crippen molar-refractivity contribution < 1.29 is 24.1 Å². The summed E-state index contributed by atoms with van der Waals surface area (Å²) in [5.74, 6) is -0.973. The molecule has 1 aromatic carbocycles. The van der Waals surface area contributed by atoms with Crippen LogP contribution in [0.5, 0.6) is 0 Å². The van der Waals surface area contributed by atoms with Crippen LogP contribution in [0.25, 0.3) is 0 Å². The highest BCUT2D eigenvalue weighted by Crippen LogP contribution is 2.17. The largest absolute Gasteiger partial charge is 0.478 e. The van der Waals surface area contributed by atoms with Gasteiger partial charge in [-0.25, -0.2) is 4.79 Å². The third kappa shape index (κ3) is 4.35. The zero-order valence-corrected chi connectivity index (χ0v) is 12.7. The fourth-order valence-electron chi connectivity index (χ4n) is 1.96. The van der Waals surface area contributed by atoms with E-state index < -0.39 is 22.5 Å². The van der Waals surface area contributed by atoms with Crippen molar-refractivity contribution in [2.45, 2.75) is 19.8 Å². The molecule has 10 heteroatoms. The molecule has 126 valence electrons. The Hall–Kier alpha value is -3.30. The van der Waals surface area contributed by atoms with E-state index in [-0.39, 0.29) is 17.7 Å². The molecule has 10 nitrogen and oxygen atoms in total. The number of carboxylic acids is 1. The van der Waals surface area contributed by atoms with Crippen LogP contribution in [-0.4, -0.2) is 38.6 Å². The quantitative estimate of drug-likeness (QED) is 0.438. The molecule has 0 unspecified atom stereocenters. The molecule has 0 atom stereocenters. The maximum absolute atomic E-state index is 12.0. The number of nitro groups is 1. The number of hydrogen-bond donors (Lipinski definition) is 2. The molecular weight excluding hydrogens is 320 g/mol. The van der Waals surface area contributed by atoms with Crippen molar-refractivity contribution in [2.75, 3.05) is 6.54 Å². The van der Waals surface area contributed by atoms with E-state index in [2.05, 4.69) is 15.5 Å². The van der Waals surface area contributed by atoms with Crippen LogP contribution >= 0.6 is 0 Å². The van der Waals surface area contributed by atoms with Gasteiger partial charge < -0.3 is 14.9 Å². The summed E-state index contributed by atoms with van der Waals surface area (Å²) in [5.41, 5.74) is -0.868. The fourth-order valence-corrected chi connectivity index (χ4v) is 1.96. The molecule has 0 saturated heterocycles. The first-order chi connectivity index (χ1) is 11.4. The number of carboxylic acid groups (broad SMARTS) is 1. The molecule has 2 rings (SSSR count). The molecule has 1 heterocycles.